The zero-order chi connectivity index (χ0) is 26.0. The monoisotopic (exact) mass is 760 g/mol. The van der Waals surface area contributed by atoms with Crippen molar-refractivity contribution in [3.8, 4) is 0 Å². The predicted octanol–water partition coefficient (Wildman–Crippen LogP) is 1.89. The van der Waals surface area contributed by atoms with Gasteiger partial charge in [0.25, 0.3) is 0 Å². The molecule has 0 aromatic heterocycles. The second-order valence-corrected chi connectivity index (χ2v) is 11.7. The van der Waals surface area contributed by atoms with Gasteiger partial charge in [0.05, 0.1) is 63.1 Å². The van der Waals surface area contributed by atoms with Gasteiger partial charge in [-0.2, -0.15) is 0 Å². The summed E-state index contributed by atoms with van der Waals surface area (Å²) in [6.07, 6.45) is 0. The molecule has 0 radical (unpaired) electrons. The van der Waals surface area contributed by atoms with Crippen LogP contribution in [0.5, 0.6) is 0 Å². The number of hydrogen-bond acceptors (Lipinski definition) is 8. The number of halogens is 4. The molecule has 1 unspecified atom stereocenters. The molecule has 0 saturated carbocycles. The molecule has 4 N–H and O–H groups in total. The van der Waals surface area contributed by atoms with Crippen LogP contribution >= 0.6 is 63.7 Å². The highest BCUT2D eigenvalue weighted by molar-refractivity contribution is 9.10. The summed E-state index contributed by atoms with van der Waals surface area (Å²) in [5.41, 5.74) is -0.451. The van der Waals surface area contributed by atoms with Gasteiger partial charge in [0.15, 0.2) is 0 Å². The Hall–Kier alpha value is 1.11. The van der Waals surface area contributed by atoms with Gasteiger partial charge in [-0.3, -0.25) is 4.79 Å². The number of nitrogens with one attached hydrogen (secondary N) is 4. The molecule has 0 spiro atoms. The second-order valence-electron chi connectivity index (χ2n) is 7.93. The minimum absolute atomic E-state index is 0.0576. The van der Waals surface area contributed by atoms with Crippen molar-refractivity contribution in [2.45, 2.75) is 11.8 Å². The molecule has 0 bridgehead atoms. The van der Waals surface area contributed by atoms with E-state index in [1.807, 2.05) is 0 Å². The molecule has 0 rings (SSSR count). The van der Waals surface area contributed by atoms with Gasteiger partial charge >= 0.3 is 0 Å². The molecule has 0 aromatic carbocycles. The average Bonchev–Trinajstić information content (AvgIpc) is 2.85. The summed E-state index contributed by atoms with van der Waals surface area (Å²) in [7, 11) is 0. The molecule has 0 aliphatic heterocycles. The minimum Gasteiger partial charge on any atom is -0.379 e. The number of hydrogen-bond donors (Lipinski definition) is 4. The maximum absolute atomic E-state index is 11.8. The molecular formula is C22H44Br4N4O5. The Morgan fingerprint density at radius 3 is 1.31 bits per heavy atom. The van der Waals surface area contributed by atoms with E-state index < -0.39 is 5.41 Å². The van der Waals surface area contributed by atoms with Crippen molar-refractivity contribution >= 4 is 69.6 Å². The topological polar surface area (TPSA) is 102 Å². The largest absolute Gasteiger partial charge is 0.379 e. The summed E-state index contributed by atoms with van der Waals surface area (Å²) in [4.78, 5) is 11.5. The average molecular weight is 764 g/mol. The molecule has 13 heteroatoms. The first-order valence-electron chi connectivity index (χ1n) is 12.0. The molecule has 1 atom stereocenters. The quantitative estimate of drug-likeness (QED) is 0.0745. The highest BCUT2D eigenvalue weighted by Crippen LogP contribution is 2.20. The lowest BCUT2D eigenvalue weighted by Crippen LogP contribution is -2.44. The van der Waals surface area contributed by atoms with E-state index in [1.54, 1.807) is 6.92 Å². The highest BCUT2D eigenvalue weighted by Gasteiger charge is 2.32. The molecule has 0 aliphatic carbocycles. The van der Waals surface area contributed by atoms with Gasteiger partial charge in [0.2, 0.25) is 5.91 Å². The van der Waals surface area contributed by atoms with Crippen LogP contribution in [-0.2, 0) is 23.7 Å². The van der Waals surface area contributed by atoms with Gasteiger partial charge in [-0.05, 0) is 6.92 Å². The van der Waals surface area contributed by atoms with Crippen LogP contribution in [0.25, 0.3) is 0 Å². The first-order valence-corrected chi connectivity index (χ1v) is 16.3. The molecule has 9 nitrogen and oxygen atoms in total. The van der Waals surface area contributed by atoms with Crippen molar-refractivity contribution in [1.82, 2.24) is 21.3 Å². The zero-order valence-corrected chi connectivity index (χ0v) is 27.2. The van der Waals surface area contributed by atoms with Crippen molar-refractivity contribution < 1.29 is 23.7 Å². The van der Waals surface area contributed by atoms with E-state index >= 15 is 0 Å². The zero-order valence-electron chi connectivity index (χ0n) is 20.9. The maximum Gasteiger partial charge on any atom is 0.233 e. The van der Waals surface area contributed by atoms with E-state index in [2.05, 4.69) is 85.0 Å². The first-order chi connectivity index (χ1) is 17.0. The number of carbonyl (C=O) groups is 1. The minimum atomic E-state index is -0.451. The number of alkyl halides is 4. The third-order valence-corrected chi connectivity index (χ3v) is 6.23. The Kier molecular flexibility index (Phi) is 27.6. The van der Waals surface area contributed by atoms with Gasteiger partial charge < -0.3 is 40.2 Å². The standard InChI is InChI=1S/C22H44Br4N4O5/c1-20(26)21(31)30-11-15-35-19-22(16-32-12-8-27-5-2-23,17-33-13-9-28-6-3-24)18-34-14-10-29-7-4-25/h20,27-29H,2-19H2,1H3,(H,30,31). The van der Waals surface area contributed by atoms with Crippen LogP contribution in [0.15, 0.2) is 0 Å². The van der Waals surface area contributed by atoms with Crippen LogP contribution in [0.3, 0.4) is 0 Å². The predicted molar refractivity (Wildman–Crippen MR) is 157 cm³/mol. The van der Waals surface area contributed by atoms with E-state index in [9.17, 15) is 4.79 Å². The highest BCUT2D eigenvalue weighted by atomic mass is 79.9. The molecule has 0 fully saturated rings. The molecule has 1 amide bonds. The van der Waals surface area contributed by atoms with Crippen molar-refractivity contribution in [3.63, 3.8) is 0 Å². The van der Waals surface area contributed by atoms with Crippen molar-refractivity contribution in [3.05, 3.63) is 0 Å². The van der Waals surface area contributed by atoms with Crippen LogP contribution in [-0.4, -0.2) is 125 Å². The molecule has 0 aromatic rings. The van der Waals surface area contributed by atoms with Crippen LogP contribution in [0.2, 0.25) is 0 Å². The SMILES string of the molecule is CC(Br)C(=O)NCCOCC(COCCNCCBr)(COCCNCCBr)COCCNCCBr. The van der Waals surface area contributed by atoms with Crippen LogP contribution in [0, 0.1) is 5.41 Å². The summed E-state index contributed by atoms with van der Waals surface area (Å²) in [5.74, 6) is -0.0576. The third-order valence-electron chi connectivity index (χ3n) is 4.62. The fraction of sp³-hybridized carbons (Fsp3) is 0.955. The lowest BCUT2D eigenvalue weighted by Gasteiger charge is -2.33. The van der Waals surface area contributed by atoms with Crippen molar-refractivity contribution in [1.29, 1.82) is 0 Å². The fourth-order valence-corrected chi connectivity index (χ4v) is 3.80. The van der Waals surface area contributed by atoms with Gasteiger partial charge in [-0.15, -0.1) is 0 Å². The molecule has 0 heterocycles. The normalized spacial score (nSPS) is 12.7. The van der Waals surface area contributed by atoms with Crippen LogP contribution in [0.1, 0.15) is 6.92 Å². The van der Waals surface area contributed by atoms with Crippen molar-refractivity contribution in [2.24, 2.45) is 5.41 Å². The number of amides is 1. The Morgan fingerprint density at radius 2 is 1.00 bits per heavy atom. The Bertz CT molecular complexity index is 444. The van der Waals surface area contributed by atoms with Gasteiger partial charge in [-0.1, -0.05) is 63.7 Å². The number of rotatable bonds is 27. The summed E-state index contributed by atoms with van der Waals surface area (Å²) in [6.45, 7) is 11.2. The third kappa shape index (κ3) is 22.8. The Morgan fingerprint density at radius 1 is 0.657 bits per heavy atom. The summed E-state index contributed by atoms with van der Waals surface area (Å²) in [5, 5.41) is 15.5. The molecule has 35 heavy (non-hydrogen) atoms. The van der Waals surface area contributed by atoms with Crippen LogP contribution < -0.4 is 21.3 Å². The summed E-state index contributed by atoms with van der Waals surface area (Å²) < 4.78 is 24.1. The van der Waals surface area contributed by atoms with E-state index in [1.165, 1.54) is 0 Å². The Balaban J connectivity index is 4.87. The molecular weight excluding hydrogens is 720 g/mol. The second kappa shape index (κ2) is 26.7. The number of ether oxygens (including phenoxy) is 4. The van der Waals surface area contributed by atoms with E-state index in [4.69, 9.17) is 18.9 Å². The van der Waals surface area contributed by atoms with Crippen molar-refractivity contribution in [2.75, 3.05) is 115 Å². The first kappa shape index (κ1) is 36.1. The molecule has 210 valence electrons. The van der Waals surface area contributed by atoms with E-state index in [0.717, 1.165) is 55.3 Å². The van der Waals surface area contributed by atoms with Gasteiger partial charge in [-0.25, -0.2) is 0 Å². The Labute approximate surface area is 245 Å². The molecule has 0 aliphatic rings. The fourth-order valence-electron chi connectivity index (χ4n) is 2.80. The lowest BCUT2D eigenvalue weighted by atomic mass is 9.92. The van der Waals surface area contributed by atoms with Gasteiger partial charge in [0.1, 0.15) is 0 Å². The summed E-state index contributed by atoms with van der Waals surface area (Å²) >= 11 is 13.5. The van der Waals surface area contributed by atoms with E-state index in [-0.39, 0.29) is 10.7 Å². The maximum atomic E-state index is 11.8. The molecule has 0 saturated heterocycles. The lowest BCUT2D eigenvalue weighted by molar-refractivity contribution is -0.121. The van der Waals surface area contributed by atoms with E-state index in [0.29, 0.717) is 59.4 Å². The summed E-state index contributed by atoms with van der Waals surface area (Å²) in [6, 6.07) is 0. The smallest absolute Gasteiger partial charge is 0.233 e. The van der Waals surface area contributed by atoms with Gasteiger partial charge in [0, 0.05) is 61.8 Å². The van der Waals surface area contributed by atoms with Crippen LogP contribution in [0.4, 0.5) is 0 Å². The number of carbonyl (C=O) groups excluding carboxylic acids is 1.